The number of hydrogen-bond donors (Lipinski definition) is 1. The third-order valence-electron chi connectivity index (χ3n) is 4.65. The van der Waals surface area contributed by atoms with Crippen molar-refractivity contribution in [1.82, 2.24) is 0 Å². The molecule has 2 aromatic carbocycles. The minimum absolute atomic E-state index is 0.0180. The molecule has 1 atom stereocenters. The van der Waals surface area contributed by atoms with Crippen molar-refractivity contribution in [3.8, 4) is 17.1 Å². The van der Waals surface area contributed by atoms with Gasteiger partial charge in [-0.2, -0.15) is 0 Å². The maximum Gasteiger partial charge on any atom is 0.344 e. The van der Waals surface area contributed by atoms with Crippen LogP contribution in [-0.4, -0.2) is 5.11 Å². The molecule has 0 spiro atoms. The minimum Gasteiger partial charge on any atom is -0.507 e. The normalized spacial score (nSPS) is 12.2. The van der Waals surface area contributed by atoms with Crippen molar-refractivity contribution < 1.29 is 9.52 Å². The molecule has 1 heterocycles. The van der Waals surface area contributed by atoms with Crippen molar-refractivity contribution in [1.29, 1.82) is 0 Å². The zero-order chi connectivity index (χ0) is 19.9. The van der Waals surface area contributed by atoms with Gasteiger partial charge in [-0.25, -0.2) is 4.79 Å². The molecule has 0 fully saturated rings. The molecule has 1 aromatic heterocycles. The third-order valence-corrected chi connectivity index (χ3v) is 6.02. The Morgan fingerprint density at radius 1 is 0.964 bits per heavy atom. The summed E-state index contributed by atoms with van der Waals surface area (Å²) in [5.41, 5.74) is 1.90. The molecule has 0 bridgehead atoms. The molecule has 0 amide bonds. The van der Waals surface area contributed by atoms with Crippen LogP contribution in [0.4, 0.5) is 0 Å². The fourth-order valence-corrected chi connectivity index (χ4v) is 4.37. The number of rotatable bonds is 8. The van der Waals surface area contributed by atoms with Crippen LogP contribution in [0.15, 0.2) is 75.9 Å². The first kappa shape index (κ1) is 20.3. The predicted octanol–water partition coefficient (Wildman–Crippen LogP) is 6.42. The second kappa shape index (κ2) is 9.65. The Bertz CT molecular complexity index is 933. The highest BCUT2D eigenvalue weighted by Gasteiger charge is 2.23. The van der Waals surface area contributed by atoms with E-state index in [0.29, 0.717) is 17.2 Å². The van der Waals surface area contributed by atoms with Crippen LogP contribution >= 0.6 is 11.8 Å². The molecule has 0 aliphatic heterocycles. The monoisotopic (exact) mass is 394 g/mol. The van der Waals surface area contributed by atoms with Gasteiger partial charge in [-0.15, -0.1) is 11.8 Å². The Balaban J connectivity index is 1.89. The van der Waals surface area contributed by atoms with E-state index in [0.717, 1.165) is 24.2 Å². The second-order valence-corrected chi connectivity index (χ2v) is 8.51. The second-order valence-electron chi connectivity index (χ2n) is 7.32. The Labute approximate surface area is 170 Å². The molecule has 28 heavy (non-hydrogen) atoms. The molecule has 3 nitrogen and oxygen atoms in total. The Kier molecular flexibility index (Phi) is 6.99. The van der Waals surface area contributed by atoms with Gasteiger partial charge in [0.25, 0.3) is 0 Å². The maximum absolute atomic E-state index is 12.8. The number of thioether (sulfide) groups is 1. The quantitative estimate of drug-likeness (QED) is 0.479. The van der Waals surface area contributed by atoms with Gasteiger partial charge < -0.3 is 9.52 Å². The highest BCUT2D eigenvalue weighted by molar-refractivity contribution is 7.98. The van der Waals surface area contributed by atoms with E-state index in [1.54, 1.807) is 17.8 Å². The van der Waals surface area contributed by atoms with E-state index < -0.39 is 5.63 Å². The average Bonchev–Trinajstić information content (AvgIpc) is 2.70. The number of benzene rings is 2. The van der Waals surface area contributed by atoms with Gasteiger partial charge in [0.15, 0.2) is 0 Å². The largest absolute Gasteiger partial charge is 0.507 e. The zero-order valence-electron chi connectivity index (χ0n) is 16.3. The number of hydrogen-bond acceptors (Lipinski definition) is 4. The summed E-state index contributed by atoms with van der Waals surface area (Å²) in [6, 6.07) is 21.1. The van der Waals surface area contributed by atoms with E-state index >= 15 is 0 Å². The molecule has 1 unspecified atom stereocenters. The first-order valence-electron chi connectivity index (χ1n) is 9.62. The smallest absolute Gasteiger partial charge is 0.344 e. The first-order chi connectivity index (χ1) is 13.5. The van der Waals surface area contributed by atoms with E-state index in [4.69, 9.17) is 4.42 Å². The van der Waals surface area contributed by atoms with Gasteiger partial charge in [0, 0.05) is 22.6 Å². The molecule has 3 aromatic rings. The van der Waals surface area contributed by atoms with Gasteiger partial charge in [0.2, 0.25) is 0 Å². The lowest BCUT2D eigenvalue weighted by Crippen LogP contribution is -2.12. The van der Waals surface area contributed by atoms with Crippen molar-refractivity contribution in [2.45, 2.75) is 37.7 Å². The predicted molar refractivity (Wildman–Crippen MR) is 117 cm³/mol. The summed E-state index contributed by atoms with van der Waals surface area (Å²) in [5, 5.41) is 10.6. The van der Waals surface area contributed by atoms with Gasteiger partial charge in [-0.1, -0.05) is 74.5 Å². The highest BCUT2D eigenvalue weighted by Crippen LogP contribution is 2.39. The summed E-state index contributed by atoms with van der Waals surface area (Å²) < 4.78 is 5.59. The summed E-state index contributed by atoms with van der Waals surface area (Å²) >= 11 is 1.68. The van der Waals surface area contributed by atoms with Crippen LogP contribution in [0.1, 0.15) is 43.1 Å². The van der Waals surface area contributed by atoms with Gasteiger partial charge in [0.1, 0.15) is 11.5 Å². The molecule has 0 saturated heterocycles. The van der Waals surface area contributed by atoms with Crippen LogP contribution in [-0.2, 0) is 5.75 Å². The molecule has 3 rings (SSSR count). The van der Waals surface area contributed by atoms with Crippen molar-refractivity contribution in [2.75, 3.05) is 0 Å². The van der Waals surface area contributed by atoms with E-state index in [2.05, 4.69) is 26.0 Å². The van der Waals surface area contributed by atoms with E-state index in [1.165, 1.54) is 5.56 Å². The summed E-state index contributed by atoms with van der Waals surface area (Å²) in [6.07, 6.45) is 1.80. The van der Waals surface area contributed by atoms with Crippen LogP contribution in [0.5, 0.6) is 5.75 Å². The molecule has 0 saturated carbocycles. The standard InChI is InChI=1S/C24H26O3S/c1-17(2)13-14-22(28-16-18-9-5-3-6-10-18)23-20(25)15-21(27-24(23)26)19-11-7-4-8-12-19/h3-12,15,17,22,25H,13-14,16H2,1-2H3. The van der Waals surface area contributed by atoms with Crippen LogP contribution in [0.3, 0.4) is 0 Å². The van der Waals surface area contributed by atoms with Gasteiger partial charge >= 0.3 is 5.63 Å². The first-order valence-corrected chi connectivity index (χ1v) is 10.7. The summed E-state index contributed by atoms with van der Waals surface area (Å²) in [6.45, 7) is 4.33. The summed E-state index contributed by atoms with van der Waals surface area (Å²) in [5.74, 6) is 1.72. The molecular weight excluding hydrogens is 368 g/mol. The van der Waals surface area contributed by atoms with Gasteiger partial charge in [0.05, 0.1) is 5.56 Å². The molecule has 0 radical (unpaired) electrons. The van der Waals surface area contributed by atoms with Crippen molar-refractivity contribution in [2.24, 2.45) is 5.92 Å². The van der Waals surface area contributed by atoms with Crippen LogP contribution in [0, 0.1) is 5.92 Å². The molecule has 0 aliphatic rings. The van der Waals surface area contributed by atoms with Gasteiger partial charge in [-0.3, -0.25) is 0 Å². The van der Waals surface area contributed by atoms with Crippen LogP contribution in [0.25, 0.3) is 11.3 Å². The SMILES string of the molecule is CC(C)CCC(SCc1ccccc1)c1c(O)cc(-c2ccccc2)oc1=O. The zero-order valence-corrected chi connectivity index (χ0v) is 17.1. The van der Waals surface area contributed by atoms with Crippen LogP contribution in [0.2, 0.25) is 0 Å². The fourth-order valence-electron chi connectivity index (χ4n) is 3.10. The van der Waals surface area contributed by atoms with E-state index in [-0.39, 0.29) is 11.0 Å². The average molecular weight is 395 g/mol. The van der Waals surface area contributed by atoms with E-state index in [9.17, 15) is 9.90 Å². The molecule has 0 aliphatic carbocycles. The molecular formula is C24H26O3S. The lowest BCUT2D eigenvalue weighted by Gasteiger charge is -2.18. The lowest BCUT2D eigenvalue weighted by atomic mass is 10.0. The van der Waals surface area contributed by atoms with Crippen molar-refractivity contribution in [3.63, 3.8) is 0 Å². The minimum atomic E-state index is -0.451. The molecule has 1 N–H and O–H groups in total. The number of aromatic hydroxyl groups is 1. The van der Waals surface area contributed by atoms with Gasteiger partial charge in [-0.05, 0) is 24.3 Å². The Morgan fingerprint density at radius 3 is 2.21 bits per heavy atom. The third kappa shape index (κ3) is 5.29. The summed E-state index contributed by atoms with van der Waals surface area (Å²) in [4.78, 5) is 12.8. The van der Waals surface area contributed by atoms with E-state index in [1.807, 2.05) is 48.5 Å². The Morgan fingerprint density at radius 2 is 1.61 bits per heavy atom. The molecule has 4 heteroatoms. The molecule has 146 valence electrons. The van der Waals surface area contributed by atoms with Crippen molar-refractivity contribution in [3.05, 3.63) is 88.3 Å². The van der Waals surface area contributed by atoms with Crippen molar-refractivity contribution >= 4 is 11.8 Å². The fraction of sp³-hybridized carbons (Fsp3) is 0.292. The summed E-state index contributed by atoms with van der Waals surface area (Å²) in [7, 11) is 0. The highest BCUT2D eigenvalue weighted by atomic mass is 32.2. The Hall–Kier alpha value is -2.46. The topological polar surface area (TPSA) is 50.4 Å². The van der Waals surface area contributed by atoms with Crippen LogP contribution < -0.4 is 5.63 Å². The maximum atomic E-state index is 12.8. The lowest BCUT2D eigenvalue weighted by molar-refractivity contribution is 0.434.